The number of fused-ring (bicyclic) bond motifs is 1. The van der Waals surface area contributed by atoms with Crippen molar-refractivity contribution in [3.8, 4) is 0 Å². The fourth-order valence-electron chi connectivity index (χ4n) is 3.22. The largest absolute Gasteiger partial charge is 0.334 e. The molecule has 0 N–H and O–H groups in total. The molecular weight excluding hydrogens is 362 g/mol. The molecular formula is C19H21N5O2S. The Kier molecular flexibility index (Phi) is 5.00. The molecule has 140 valence electrons. The van der Waals surface area contributed by atoms with E-state index in [1.165, 1.54) is 16.0 Å². The number of carbonyl (C=O) groups is 1. The highest BCUT2D eigenvalue weighted by molar-refractivity contribution is 7.20. The van der Waals surface area contributed by atoms with Crippen molar-refractivity contribution >= 4 is 27.5 Å². The Labute approximate surface area is 160 Å². The predicted molar refractivity (Wildman–Crippen MR) is 105 cm³/mol. The zero-order valence-corrected chi connectivity index (χ0v) is 16.0. The number of hydrogen-bond donors (Lipinski definition) is 0. The van der Waals surface area contributed by atoms with Crippen molar-refractivity contribution in [1.29, 1.82) is 0 Å². The molecule has 0 bridgehead atoms. The Bertz CT molecular complexity index is 987. The molecule has 1 fully saturated rings. The number of piperazine rings is 1. The summed E-state index contributed by atoms with van der Waals surface area (Å²) in [6, 6.07) is 11.1. The fourth-order valence-corrected chi connectivity index (χ4v) is 4.15. The standard InChI is InChI=1S/C19H21N5O2S/c1-14-6-7-17(25)24(21-14)13-10-22-8-11-23(12-9-22)19(26)18-20-15-4-2-3-5-16(15)27-18/h2-7H,8-13H2,1H3. The maximum absolute atomic E-state index is 12.7. The minimum atomic E-state index is -0.0785. The van der Waals surface area contributed by atoms with Gasteiger partial charge < -0.3 is 4.90 Å². The van der Waals surface area contributed by atoms with Gasteiger partial charge in [0.2, 0.25) is 0 Å². The van der Waals surface area contributed by atoms with Gasteiger partial charge in [-0.3, -0.25) is 14.5 Å². The normalized spacial score (nSPS) is 15.4. The van der Waals surface area contributed by atoms with Crippen molar-refractivity contribution in [2.24, 2.45) is 0 Å². The van der Waals surface area contributed by atoms with E-state index >= 15 is 0 Å². The Morgan fingerprint density at radius 1 is 1.07 bits per heavy atom. The molecule has 1 amide bonds. The van der Waals surface area contributed by atoms with Gasteiger partial charge in [0.25, 0.3) is 11.5 Å². The molecule has 0 aliphatic carbocycles. The number of rotatable bonds is 4. The van der Waals surface area contributed by atoms with E-state index in [1.807, 2.05) is 36.1 Å². The van der Waals surface area contributed by atoms with E-state index in [-0.39, 0.29) is 11.5 Å². The molecule has 0 radical (unpaired) electrons. The number of para-hydroxylation sites is 1. The van der Waals surface area contributed by atoms with Crippen LogP contribution in [0, 0.1) is 6.92 Å². The van der Waals surface area contributed by atoms with Crippen LogP contribution in [0.25, 0.3) is 10.2 Å². The first-order valence-electron chi connectivity index (χ1n) is 9.02. The molecule has 1 aromatic carbocycles. The van der Waals surface area contributed by atoms with Gasteiger partial charge in [-0.15, -0.1) is 11.3 Å². The summed E-state index contributed by atoms with van der Waals surface area (Å²) < 4.78 is 2.55. The molecule has 3 heterocycles. The highest BCUT2D eigenvalue weighted by atomic mass is 32.1. The van der Waals surface area contributed by atoms with Gasteiger partial charge in [0, 0.05) is 38.8 Å². The van der Waals surface area contributed by atoms with Gasteiger partial charge in [-0.05, 0) is 25.1 Å². The average Bonchev–Trinajstić information content (AvgIpc) is 3.13. The Morgan fingerprint density at radius 3 is 2.63 bits per heavy atom. The number of amides is 1. The van der Waals surface area contributed by atoms with E-state index in [0.29, 0.717) is 24.6 Å². The molecule has 0 saturated carbocycles. The number of nitrogens with zero attached hydrogens (tertiary/aromatic N) is 5. The smallest absolute Gasteiger partial charge is 0.282 e. The summed E-state index contributed by atoms with van der Waals surface area (Å²) in [5, 5.41) is 4.82. The molecule has 0 atom stereocenters. The van der Waals surface area contributed by atoms with Gasteiger partial charge >= 0.3 is 0 Å². The van der Waals surface area contributed by atoms with E-state index in [9.17, 15) is 9.59 Å². The highest BCUT2D eigenvalue weighted by Gasteiger charge is 2.24. The number of benzene rings is 1. The fraction of sp³-hybridized carbons (Fsp3) is 0.368. The van der Waals surface area contributed by atoms with E-state index < -0.39 is 0 Å². The van der Waals surface area contributed by atoms with Crippen molar-refractivity contribution in [1.82, 2.24) is 24.6 Å². The van der Waals surface area contributed by atoms with Crippen LogP contribution in [0.2, 0.25) is 0 Å². The summed E-state index contributed by atoms with van der Waals surface area (Å²) in [7, 11) is 0. The lowest BCUT2D eigenvalue weighted by molar-refractivity contribution is 0.0631. The molecule has 27 heavy (non-hydrogen) atoms. The lowest BCUT2D eigenvalue weighted by atomic mass is 10.3. The molecule has 2 aromatic heterocycles. The molecule has 1 aliphatic heterocycles. The summed E-state index contributed by atoms with van der Waals surface area (Å²) >= 11 is 1.45. The molecule has 8 heteroatoms. The Morgan fingerprint density at radius 2 is 1.85 bits per heavy atom. The maximum Gasteiger partial charge on any atom is 0.282 e. The molecule has 0 spiro atoms. The van der Waals surface area contributed by atoms with Crippen LogP contribution in [0.15, 0.2) is 41.2 Å². The lowest BCUT2D eigenvalue weighted by Gasteiger charge is -2.34. The second kappa shape index (κ2) is 7.58. The van der Waals surface area contributed by atoms with Gasteiger partial charge in [0.05, 0.1) is 22.5 Å². The third-order valence-electron chi connectivity index (χ3n) is 4.76. The minimum absolute atomic E-state index is 0.00687. The number of carbonyl (C=O) groups excluding carboxylic acids is 1. The van der Waals surface area contributed by atoms with E-state index in [0.717, 1.165) is 35.5 Å². The first-order valence-corrected chi connectivity index (χ1v) is 9.84. The van der Waals surface area contributed by atoms with E-state index in [2.05, 4.69) is 15.0 Å². The summed E-state index contributed by atoms with van der Waals surface area (Å²) in [6.07, 6.45) is 0. The zero-order valence-electron chi connectivity index (χ0n) is 15.2. The third kappa shape index (κ3) is 3.91. The van der Waals surface area contributed by atoms with Gasteiger partial charge in [-0.25, -0.2) is 9.67 Å². The molecule has 1 aliphatic rings. The second-order valence-electron chi connectivity index (χ2n) is 6.66. The Hall–Kier alpha value is -2.58. The van der Waals surface area contributed by atoms with Crippen LogP contribution in [-0.4, -0.2) is 63.2 Å². The van der Waals surface area contributed by atoms with Crippen LogP contribution in [0.3, 0.4) is 0 Å². The van der Waals surface area contributed by atoms with Gasteiger partial charge in [0.15, 0.2) is 5.01 Å². The predicted octanol–water partition coefficient (Wildman–Crippen LogP) is 1.62. The first-order chi connectivity index (χ1) is 13.1. The monoisotopic (exact) mass is 383 g/mol. The highest BCUT2D eigenvalue weighted by Crippen LogP contribution is 2.23. The van der Waals surface area contributed by atoms with Crippen molar-refractivity contribution in [2.45, 2.75) is 13.5 Å². The summed E-state index contributed by atoms with van der Waals surface area (Å²) in [5.41, 5.74) is 1.63. The van der Waals surface area contributed by atoms with Crippen LogP contribution in [-0.2, 0) is 6.54 Å². The third-order valence-corrected chi connectivity index (χ3v) is 5.79. The maximum atomic E-state index is 12.7. The summed E-state index contributed by atoms with van der Waals surface area (Å²) in [5.74, 6) is 0.00687. The second-order valence-corrected chi connectivity index (χ2v) is 7.69. The molecule has 3 aromatic rings. The average molecular weight is 383 g/mol. The summed E-state index contributed by atoms with van der Waals surface area (Å²) in [4.78, 5) is 33.2. The van der Waals surface area contributed by atoms with Crippen LogP contribution in [0.1, 0.15) is 15.5 Å². The molecule has 1 saturated heterocycles. The van der Waals surface area contributed by atoms with Gasteiger partial charge in [-0.2, -0.15) is 5.10 Å². The number of thiazole rings is 1. The van der Waals surface area contributed by atoms with Gasteiger partial charge in [0.1, 0.15) is 0 Å². The minimum Gasteiger partial charge on any atom is -0.334 e. The molecule has 7 nitrogen and oxygen atoms in total. The van der Waals surface area contributed by atoms with Crippen LogP contribution < -0.4 is 5.56 Å². The van der Waals surface area contributed by atoms with Gasteiger partial charge in [-0.1, -0.05) is 12.1 Å². The van der Waals surface area contributed by atoms with Crippen LogP contribution >= 0.6 is 11.3 Å². The van der Waals surface area contributed by atoms with Crippen LogP contribution in [0.5, 0.6) is 0 Å². The number of aromatic nitrogens is 3. The van der Waals surface area contributed by atoms with Crippen molar-refractivity contribution in [2.75, 3.05) is 32.7 Å². The van der Waals surface area contributed by atoms with E-state index in [1.54, 1.807) is 12.1 Å². The number of aryl methyl sites for hydroxylation is 1. The van der Waals surface area contributed by atoms with Crippen molar-refractivity contribution < 1.29 is 4.79 Å². The SMILES string of the molecule is Cc1ccc(=O)n(CCN2CCN(C(=O)c3nc4ccccc4s3)CC2)n1. The number of hydrogen-bond acceptors (Lipinski definition) is 6. The molecule has 4 rings (SSSR count). The van der Waals surface area contributed by atoms with E-state index in [4.69, 9.17) is 0 Å². The molecule has 0 unspecified atom stereocenters. The topological polar surface area (TPSA) is 71.3 Å². The van der Waals surface area contributed by atoms with Crippen LogP contribution in [0.4, 0.5) is 0 Å². The Balaban J connectivity index is 1.33. The quantitative estimate of drug-likeness (QED) is 0.685. The zero-order chi connectivity index (χ0) is 18.8. The first kappa shape index (κ1) is 17.8. The van der Waals surface area contributed by atoms with Crippen molar-refractivity contribution in [3.05, 3.63) is 57.5 Å². The van der Waals surface area contributed by atoms with Crippen molar-refractivity contribution in [3.63, 3.8) is 0 Å². The summed E-state index contributed by atoms with van der Waals surface area (Å²) in [6.45, 7) is 6.11. The lowest BCUT2D eigenvalue weighted by Crippen LogP contribution is -2.49.